The zero-order valence-corrected chi connectivity index (χ0v) is 11.9. The van der Waals surface area contributed by atoms with Gasteiger partial charge in [0.2, 0.25) is 0 Å². The van der Waals surface area contributed by atoms with E-state index in [4.69, 9.17) is 0 Å². The second-order valence-electron chi connectivity index (χ2n) is 5.13. The number of hydrogen-bond donors (Lipinski definition) is 2. The molecule has 1 aliphatic heterocycles. The normalized spacial score (nSPS) is 20.1. The molecule has 4 nitrogen and oxygen atoms in total. The highest BCUT2D eigenvalue weighted by molar-refractivity contribution is 7.90. The number of phenols is 1. The summed E-state index contributed by atoms with van der Waals surface area (Å²) in [7, 11) is -4.06. The van der Waals surface area contributed by atoms with Crippen molar-refractivity contribution < 1.29 is 22.3 Å². The average molecular weight is 305 g/mol. The summed E-state index contributed by atoms with van der Waals surface area (Å²) >= 11 is 0. The van der Waals surface area contributed by atoms with Crippen molar-refractivity contribution >= 4 is 9.84 Å². The van der Waals surface area contributed by atoms with Gasteiger partial charge in [-0.3, -0.25) is 0 Å². The van der Waals surface area contributed by atoms with Crippen LogP contribution in [0.4, 0.5) is 8.78 Å². The van der Waals surface area contributed by atoms with Gasteiger partial charge in [0, 0.05) is 17.9 Å². The highest BCUT2D eigenvalue weighted by atomic mass is 32.2. The largest absolute Gasteiger partial charge is 0.505 e. The van der Waals surface area contributed by atoms with E-state index in [1.54, 1.807) is 0 Å². The lowest BCUT2D eigenvalue weighted by Crippen LogP contribution is -2.35. The van der Waals surface area contributed by atoms with Gasteiger partial charge < -0.3 is 10.4 Å². The first kappa shape index (κ1) is 15.2. The predicted molar refractivity (Wildman–Crippen MR) is 70.5 cm³/mol. The van der Waals surface area contributed by atoms with E-state index >= 15 is 0 Å². The van der Waals surface area contributed by atoms with Crippen molar-refractivity contribution in [1.82, 2.24) is 5.32 Å². The number of phenolic OH excluding ortho intramolecular Hbond substituents is 1. The Morgan fingerprint density at radius 1 is 1.40 bits per heavy atom. The van der Waals surface area contributed by atoms with Crippen molar-refractivity contribution in [3.8, 4) is 5.75 Å². The lowest BCUT2D eigenvalue weighted by molar-refractivity contribution is 0.377. The van der Waals surface area contributed by atoms with Crippen molar-refractivity contribution in [1.29, 1.82) is 0 Å². The van der Waals surface area contributed by atoms with Gasteiger partial charge in [0.25, 0.3) is 0 Å². The van der Waals surface area contributed by atoms with Crippen LogP contribution < -0.4 is 5.32 Å². The monoisotopic (exact) mass is 305 g/mol. The minimum absolute atomic E-state index is 0.0394. The molecule has 0 spiro atoms. The minimum atomic E-state index is -4.06. The summed E-state index contributed by atoms with van der Waals surface area (Å²) in [5, 5.41) is 13.0. The van der Waals surface area contributed by atoms with Crippen molar-refractivity contribution in [3.63, 3.8) is 0 Å². The number of rotatable bonds is 3. The highest BCUT2D eigenvalue weighted by Crippen LogP contribution is 2.31. The van der Waals surface area contributed by atoms with Gasteiger partial charge in [0.15, 0.2) is 21.4 Å². The Bertz CT molecular complexity index is 611. The molecule has 0 aromatic heterocycles. The molecule has 7 heteroatoms. The quantitative estimate of drug-likeness (QED) is 0.893. The molecule has 1 fully saturated rings. The van der Waals surface area contributed by atoms with Gasteiger partial charge in [-0.05, 0) is 31.9 Å². The number of piperidine rings is 1. The van der Waals surface area contributed by atoms with E-state index in [9.17, 15) is 22.3 Å². The van der Waals surface area contributed by atoms with Crippen LogP contribution >= 0.6 is 0 Å². The molecular weight excluding hydrogens is 288 g/mol. The fourth-order valence-electron chi connectivity index (χ4n) is 2.50. The van der Waals surface area contributed by atoms with E-state index in [-0.39, 0.29) is 18.0 Å². The fourth-order valence-corrected chi connectivity index (χ4v) is 3.33. The molecule has 1 unspecified atom stereocenters. The zero-order chi connectivity index (χ0) is 14.9. The maximum absolute atomic E-state index is 13.9. The third-order valence-corrected chi connectivity index (χ3v) is 4.59. The molecule has 0 saturated carbocycles. The van der Waals surface area contributed by atoms with Crippen LogP contribution in [0.3, 0.4) is 0 Å². The number of aromatic hydroxyl groups is 1. The van der Waals surface area contributed by atoms with Crippen LogP contribution in [0, 0.1) is 11.6 Å². The van der Waals surface area contributed by atoms with Gasteiger partial charge in [-0.1, -0.05) is 6.42 Å². The molecule has 0 bridgehead atoms. The summed E-state index contributed by atoms with van der Waals surface area (Å²) in [5.41, 5.74) is 0.0896. The summed E-state index contributed by atoms with van der Waals surface area (Å²) < 4.78 is 50.3. The lowest BCUT2D eigenvalue weighted by Gasteiger charge is -2.24. The maximum Gasteiger partial charge on any atom is 0.186 e. The number of halogens is 2. The van der Waals surface area contributed by atoms with Crippen molar-refractivity contribution in [2.24, 2.45) is 0 Å². The summed E-state index contributed by atoms with van der Waals surface area (Å²) in [6.07, 6.45) is 3.90. The van der Waals surface area contributed by atoms with Crippen molar-refractivity contribution in [2.75, 3.05) is 12.8 Å². The van der Waals surface area contributed by atoms with Gasteiger partial charge in [-0.2, -0.15) is 0 Å². The Hall–Kier alpha value is -1.21. The van der Waals surface area contributed by atoms with Crippen LogP contribution in [-0.4, -0.2) is 32.4 Å². The van der Waals surface area contributed by atoms with Crippen LogP contribution in [0.15, 0.2) is 11.0 Å². The summed E-state index contributed by atoms with van der Waals surface area (Å²) in [6.45, 7) is 0.831. The number of sulfone groups is 1. The van der Waals surface area contributed by atoms with Crippen molar-refractivity contribution in [3.05, 3.63) is 23.3 Å². The molecule has 1 aromatic carbocycles. The fraction of sp³-hybridized carbons (Fsp3) is 0.538. The topological polar surface area (TPSA) is 66.4 Å². The van der Waals surface area contributed by atoms with Crippen LogP contribution in [0.25, 0.3) is 0 Å². The second kappa shape index (κ2) is 5.65. The Morgan fingerprint density at radius 3 is 2.65 bits per heavy atom. The van der Waals surface area contributed by atoms with Crippen LogP contribution in [0.1, 0.15) is 24.8 Å². The number of nitrogens with one attached hydrogen (secondary N) is 1. The van der Waals surface area contributed by atoms with E-state index in [1.165, 1.54) is 0 Å². The molecule has 0 radical (unpaired) electrons. The Balaban J connectivity index is 2.36. The standard InChI is InChI=1S/C13H17F2NO3S/c1-20(18,19)13-10(14)7-8(12(17)11(13)15)6-9-4-2-3-5-16-9/h7,9,16-17H,2-6H2,1H3. The van der Waals surface area contributed by atoms with Gasteiger partial charge in [-0.25, -0.2) is 17.2 Å². The third kappa shape index (κ3) is 3.09. The van der Waals surface area contributed by atoms with Crippen molar-refractivity contribution in [2.45, 2.75) is 36.6 Å². The van der Waals surface area contributed by atoms with Gasteiger partial charge in [-0.15, -0.1) is 0 Å². The SMILES string of the molecule is CS(=O)(=O)c1c(F)cc(CC2CCCCN2)c(O)c1F. The number of hydrogen-bond acceptors (Lipinski definition) is 4. The summed E-state index contributed by atoms with van der Waals surface area (Å²) in [6, 6.07) is 0.947. The first-order valence-electron chi connectivity index (χ1n) is 6.44. The molecule has 0 amide bonds. The second-order valence-corrected chi connectivity index (χ2v) is 7.08. The zero-order valence-electron chi connectivity index (χ0n) is 11.1. The lowest BCUT2D eigenvalue weighted by atomic mass is 9.97. The summed E-state index contributed by atoms with van der Waals surface area (Å²) in [5.74, 6) is -3.34. The Kier molecular flexibility index (Phi) is 4.29. The Morgan fingerprint density at radius 2 is 2.10 bits per heavy atom. The molecule has 1 atom stereocenters. The number of benzene rings is 1. The van der Waals surface area contributed by atoms with Crippen LogP contribution in [0.2, 0.25) is 0 Å². The molecule has 112 valence electrons. The van der Waals surface area contributed by atoms with Gasteiger partial charge in [0.1, 0.15) is 10.7 Å². The molecular formula is C13H17F2NO3S. The average Bonchev–Trinajstić information content (AvgIpc) is 2.35. The molecule has 1 heterocycles. The third-order valence-electron chi connectivity index (χ3n) is 3.48. The van der Waals surface area contributed by atoms with E-state index in [1.807, 2.05) is 0 Å². The van der Waals surface area contributed by atoms with E-state index in [0.29, 0.717) is 6.26 Å². The minimum Gasteiger partial charge on any atom is -0.505 e. The van der Waals surface area contributed by atoms with Crippen LogP contribution in [0.5, 0.6) is 5.75 Å². The molecule has 0 aliphatic carbocycles. The molecule has 2 N–H and O–H groups in total. The predicted octanol–water partition coefficient (Wildman–Crippen LogP) is 1.76. The molecule has 20 heavy (non-hydrogen) atoms. The molecule has 2 rings (SSSR count). The molecule has 1 saturated heterocycles. The van der Waals surface area contributed by atoms with E-state index < -0.39 is 32.1 Å². The first-order chi connectivity index (χ1) is 9.30. The smallest absolute Gasteiger partial charge is 0.186 e. The van der Waals surface area contributed by atoms with Gasteiger partial charge >= 0.3 is 0 Å². The van der Waals surface area contributed by atoms with Crippen LogP contribution in [-0.2, 0) is 16.3 Å². The van der Waals surface area contributed by atoms with E-state index in [0.717, 1.165) is 31.9 Å². The van der Waals surface area contributed by atoms with E-state index in [2.05, 4.69) is 5.32 Å². The van der Waals surface area contributed by atoms with Gasteiger partial charge in [0.05, 0.1) is 0 Å². The first-order valence-corrected chi connectivity index (χ1v) is 8.33. The summed E-state index contributed by atoms with van der Waals surface area (Å²) in [4.78, 5) is -1.07. The maximum atomic E-state index is 13.9. The Labute approximate surface area is 116 Å². The molecule has 1 aliphatic rings. The highest BCUT2D eigenvalue weighted by Gasteiger charge is 2.26. The molecule has 1 aromatic rings.